The van der Waals surface area contributed by atoms with Crippen molar-refractivity contribution < 1.29 is 9.53 Å². The zero-order valence-corrected chi connectivity index (χ0v) is 13.8. The van der Waals surface area contributed by atoms with Gasteiger partial charge in [-0.2, -0.15) is 0 Å². The van der Waals surface area contributed by atoms with Gasteiger partial charge in [-0.15, -0.1) is 0 Å². The zero-order chi connectivity index (χ0) is 16.9. The molecule has 1 N–H and O–H groups in total. The average Bonchev–Trinajstić information content (AvgIpc) is 2.97. The number of benzene rings is 1. The first-order chi connectivity index (χ1) is 11.5. The van der Waals surface area contributed by atoms with Gasteiger partial charge in [0.2, 0.25) is 0 Å². The number of rotatable bonds is 2. The summed E-state index contributed by atoms with van der Waals surface area (Å²) in [4.78, 5) is 26.0. The minimum Gasteiger partial charge on any atom is -0.438 e. The van der Waals surface area contributed by atoms with Crippen LogP contribution in [0.4, 0.5) is 10.5 Å². The number of pyridine rings is 1. The molecular formula is C18H18N4O2. The highest BCUT2D eigenvalue weighted by Gasteiger charge is 2.38. The lowest BCUT2D eigenvalue weighted by molar-refractivity contribution is 0.0354. The Kier molecular flexibility index (Phi) is 3.09. The van der Waals surface area contributed by atoms with Crippen LogP contribution in [0.3, 0.4) is 0 Å². The van der Waals surface area contributed by atoms with Crippen LogP contribution in [0.1, 0.15) is 26.3 Å². The molecule has 0 saturated heterocycles. The molecule has 1 aliphatic rings. The summed E-state index contributed by atoms with van der Waals surface area (Å²) in [7, 11) is 0. The van der Waals surface area contributed by atoms with E-state index in [2.05, 4.69) is 15.0 Å². The third kappa shape index (κ3) is 2.14. The Bertz CT molecular complexity index is 931. The molecule has 1 aliphatic heterocycles. The second-order valence-electron chi connectivity index (χ2n) is 6.34. The molecule has 0 atom stereocenters. The van der Waals surface area contributed by atoms with E-state index in [1.165, 1.54) is 0 Å². The molecule has 6 heteroatoms. The van der Waals surface area contributed by atoms with Crippen molar-refractivity contribution in [2.24, 2.45) is 0 Å². The third-order valence-electron chi connectivity index (χ3n) is 4.35. The molecule has 3 aromatic rings. The minimum absolute atomic E-state index is 0.322. The lowest BCUT2D eigenvalue weighted by atomic mass is 9.93. The maximum Gasteiger partial charge on any atom is 0.415 e. The second kappa shape index (κ2) is 5.06. The minimum atomic E-state index is -0.675. The Morgan fingerprint density at radius 3 is 2.88 bits per heavy atom. The molecular weight excluding hydrogens is 304 g/mol. The third-order valence-corrected chi connectivity index (χ3v) is 4.35. The summed E-state index contributed by atoms with van der Waals surface area (Å²) in [6.45, 7) is 6.29. The van der Waals surface area contributed by atoms with E-state index in [1.807, 2.05) is 45.0 Å². The smallest absolute Gasteiger partial charge is 0.415 e. The van der Waals surface area contributed by atoms with Crippen LogP contribution in [0, 0.1) is 0 Å². The van der Waals surface area contributed by atoms with Gasteiger partial charge < -0.3 is 9.72 Å². The van der Waals surface area contributed by atoms with Crippen LogP contribution in [-0.4, -0.2) is 27.6 Å². The van der Waals surface area contributed by atoms with E-state index in [0.717, 1.165) is 33.7 Å². The Morgan fingerprint density at radius 2 is 2.17 bits per heavy atom. The molecule has 3 heterocycles. The molecule has 0 radical (unpaired) electrons. The van der Waals surface area contributed by atoms with Crippen LogP contribution >= 0.6 is 0 Å². The molecule has 0 spiro atoms. The summed E-state index contributed by atoms with van der Waals surface area (Å²) < 4.78 is 5.59. The first-order valence-electron chi connectivity index (χ1n) is 7.95. The van der Waals surface area contributed by atoms with E-state index in [0.29, 0.717) is 6.54 Å². The number of hydrogen-bond donors (Lipinski definition) is 1. The molecule has 0 fully saturated rings. The largest absolute Gasteiger partial charge is 0.438 e. The van der Waals surface area contributed by atoms with Crippen LogP contribution in [0.5, 0.6) is 0 Å². The molecule has 4 rings (SSSR count). The lowest BCUT2D eigenvalue weighted by Crippen LogP contribution is -2.43. The van der Waals surface area contributed by atoms with Gasteiger partial charge in [-0.3, -0.25) is 9.88 Å². The van der Waals surface area contributed by atoms with Gasteiger partial charge in [0.05, 0.1) is 16.7 Å². The normalized spacial score (nSPS) is 16.1. The van der Waals surface area contributed by atoms with Gasteiger partial charge in [-0.25, -0.2) is 9.78 Å². The fourth-order valence-electron chi connectivity index (χ4n) is 3.12. The van der Waals surface area contributed by atoms with Gasteiger partial charge >= 0.3 is 6.09 Å². The molecule has 1 amide bonds. The maximum absolute atomic E-state index is 12.2. The van der Waals surface area contributed by atoms with Crippen molar-refractivity contribution in [2.45, 2.75) is 26.4 Å². The number of anilines is 1. The van der Waals surface area contributed by atoms with Gasteiger partial charge in [0.15, 0.2) is 0 Å². The van der Waals surface area contributed by atoms with Crippen molar-refractivity contribution in [1.29, 1.82) is 0 Å². The number of fused-ring (bicyclic) bond motifs is 2. The topological polar surface area (TPSA) is 71.1 Å². The average molecular weight is 322 g/mol. The van der Waals surface area contributed by atoms with Crippen molar-refractivity contribution in [3.63, 3.8) is 0 Å². The van der Waals surface area contributed by atoms with E-state index >= 15 is 0 Å². The van der Waals surface area contributed by atoms with E-state index in [-0.39, 0.29) is 6.09 Å². The fraction of sp³-hybridized carbons (Fsp3) is 0.278. The SMILES string of the molecule is CCN1C(=O)OC(C)(C)c2cc3[nH]c(-c4cccnc4)nc3cc21. The van der Waals surface area contributed by atoms with Gasteiger partial charge in [-0.1, -0.05) is 0 Å². The molecule has 0 unspecified atom stereocenters. The molecule has 0 aliphatic carbocycles. The van der Waals surface area contributed by atoms with Crippen molar-refractivity contribution in [1.82, 2.24) is 15.0 Å². The number of H-pyrrole nitrogens is 1. The Labute approximate surface area is 139 Å². The molecule has 0 saturated carbocycles. The number of amides is 1. The summed E-state index contributed by atoms with van der Waals surface area (Å²) in [6, 6.07) is 7.81. The van der Waals surface area contributed by atoms with Gasteiger partial charge in [-0.05, 0) is 45.0 Å². The van der Waals surface area contributed by atoms with Gasteiger partial charge in [0.25, 0.3) is 0 Å². The first kappa shape index (κ1) is 14.7. The second-order valence-corrected chi connectivity index (χ2v) is 6.34. The van der Waals surface area contributed by atoms with Crippen LogP contribution < -0.4 is 4.90 Å². The van der Waals surface area contributed by atoms with Crippen LogP contribution in [0.25, 0.3) is 22.4 Å². The summed E-state index contributed by atoms with van der Waals surface area (Å²) in [5.74, 6) is 0.758. The molecule has 122 valence electrons. The van der Waals surface area contributed by atoms with E-state index in [4.69, 9.17) is 4.74 Å². The highest BCUT2D eigenvalue weighted by Crippen LogP contribution is 2.40. The van der Waals surface area contributed by atoms with Crippen molar-refractivity contribution >= 4 is 22.8 Å². The highest BCUT2D eigenvalue weighted by atomic mass is 16.6. The predicted molar refractivity (Wildman–Crippen MR) is 91.9 cm³/mol. The number of imidazole rings is 1. The Morgan fingerprint density at radius 1 is 1.33 bits per heavy atom. The van der Waals surface area contributed by atoms with E-state index < -0.39 is 5.60 Å². The van der Waals surface area contributed by atoms with Gasteiger partial charge in [0, 0.05) is 30.1 Å². The lowest BCUT2D eigenvalue weighted by Gasteiger charge is -2.38. The van der Waals surface area contributed by atoms with Crippen molar-refractivity contribution in [2.75, 3.05) is 11.4 Å². The first-order valence-corrected chi connectivity index (χ1v) is 7.95. The molecule has 2 aromatic heterocycles. The monoisotopic (exact) mass is 322 g/mol. The maximum atomic E-state index is 12.2. The van der Waals surface area contributed by atoms with Crippen LogP contribution in [0.2, 0.25) is 0 Å². The standard InChI is InChI=1S/C18H18N4O2/c1-4-22-15-9-14-13(8-12(15)18(2,3)24-17(22)23)20-16(21-14)11-6-5-7-19-10-11/h5-10H,4H2,1-3H3,(H,20,21). The summed E-state index contributed by atoms with van der Waals surface area (Å²) >= 11 is 0. The zero-order valence-electron chi connectivity index (χ0n) is 13.8. The number of hydrogen-bond acceptors (Lipinski definition) is 4. The number of cyclic esters (lactones) is 1. The quantitative estimate of drug-likeness (QED) is 0.778. The number of carbonyl (C=O) groups excluding carboxylic acids is 1. The molecule has 1 aromatic carbocycles. The summed E-state index contributed by atoms with van der Waals surface area (Å²) in [5, 5.41) is 0. The van der Waals surface area contributed by atoms with E-state index in [9.17, 15) is 4.79 Å². The number of nitrogens with zero attached hydrogens (tertiary/aromatic N) is 3. The van der Waals surface area contributed by atoms with Crippen molar-refractivity contribution in [3.05, 3.63) is 42.2 Å². The number of carbonyl (C=O) groups is 1. The number of nitrogens with one attached hydrogen (secondary N) is 1. The molecule has 0 bridgehead atoms. The predicted octanol–water partition coefficient (Wildman–Crippen LogP) is 3.84. The fourth-order valence-corrected chi connectivity index (χ4v) is 3.12. The number of aromatic amines is 1. The number of ether oxygens (including phenoxy) is 1. The summed E-state index contributed by atoms with van der Waals surface area (Å²) in [6.07, 6.45) is 3.18. The Balaban J connectivity index is 1.92. The van der Waals surface area contributed by atoms with E-state index in [1.54, 1.807) is 17.3 Å². The number of aromatic nitrogens is 3. The summed E-state index contributed by atoms with van der Waals surface area (Å²) in [5.41, 5.74) is 3.80. The molecule has 24 heavy (non-hydrogen) atoms. The highest BCUT2D eigenvalue weighted by molar-refractivity contribution is 5.95. The van der Waals surface area contributed by atoms with Crippen LogP contribution in [0.15, 0.2) is 36.7 Å². The molecule has 6 nitrogen and oxygen atoms in total. The van der Waals surface area contributed by atoms with Crippen LogP contribution in [-0.2, 0) is 10.3 Å². The van der Waals surface area contributed by atoms with Gasteiger partial charge in [0.1, 0.15) is 11.4 Å². The van der Waals surface area contributed by atoms with Crippen molar-refractivity contribution in [3.8, 4) is 11.4 Å². The Hall–Kier alpha value is -2.89.